The van der Waals surface area contributed by atoms with Crippen LogP contribution in [0.5, 0.6) is 0 Å². The third-order valence-corrected chi connectivity index (χ3v) is 9.84. The summed E-state index contributed by atoms with van der Waals surface area (Å²) < 4.78 is 0. The van der Waals surface area contributed by atoms with E-state index in [0.29, 0.717) is 18.3 Å². The Hall–Kier alpha value is -0.940. The predicted octanol–water partition coefficient (Wildman–Crippen LogP) is 5.17. The van der Waals surface area contributed by atoms with Crippen molar-refractivity contribution in [2.24, 2.45) is 34.5 Å². The van der Waals surface area contributed by atoms with Gasteiger partial charge in [0.25, 0.3) is 0 Å². The first kappa shape index (κ1) is 26.7. The van der Waals surface area contributed by atoms with E-state index in [1.807, 2.05) is 19.9 Å². The standard InChI is InChI=1S/C29H48O4/c1-19-9-11-23(31)16-22(19)17-26(32)29(18-30)15-7-14-28(6)24(12-13-25(28)29)20(2)8-10-21(3)27(4,5)33/h8,10,17,20-21,23-26,30-33H,1,7,9,11-16,18H2,2-6H3/b10-8+,22-17-/t20-,21+,23+,24-,25-,26?,28-,29?/m1/s1. The van der Waals surface area contributed by atoms with Crippen LogP contribution in [0.25, 0.3) is 0 Å². The summed E-state index contributed by atoms with van der Waals surface area (Å²) in [6.45, 7) is 14.6. The van der Waals surface area contributed by atoms with Gasteiger partial charge in [-0.1, -0.05) is 57.6 Å². The molecule has 0 aromatic heterocycles. The van der Waals surface area contributed by atoms with Gasteiger partial charge in [-0.15, -0.1) is 0 Å². The molecular weight excluding hydrogens is 412 g/mol. The van der Waals surface area contributed by atoms with Crippen LogP contribution in [0.2, 0.25) is 0 Å². The first-order valence-corrected chi connectivity index (χ1v) is 13.1. The van der Waals surface area contributed by atoms with Gasteiger partial charge in [0, 0.05) is 11.3 Å². The number of hydrogen-bond acceptors (Lipinski definition) is 4. The lowest BCUT2D eigenvalue weighted by molar-refractivity contribution is -0.112. The van der Waals surface area contributed by atoms with Gasteiger partial charge in [0.1, 0.15) is 0 Å². The number of hydrogen-bond donors (Lipinski definition) is 4. The summed E-state index contributed by atoms with van der Waals surface area (Å²) in [7, 11) is 0. The Balaban J connectivity index is 1.84. The van der Waals surface area contributed by atoms with Crippen molar-refractivity contribution in [1.29, 1.82) is 0 Å². The van der Waals surface area contributed by atoms with Gasteiger partial charge in [-0.3, -0.25) is 0 Å². The highest BCUT2D eigenvalue weighted by molar-refractivity contribution is 5.33. The van der Waals surface area contributed by atoms with Crippen molar-refractivity contribution in [2.45, 2.75) is 104 Å². The quantitative estimate of drug-likeness (QED) is 0.395. The number of fused-ring (bicyclic) bond motifs is 1. The van der Waals surface area contributed by atoms with Crippen molar-refractivity contribution in [1.82, 2.24) is 0 Å². The molecule has 4 nitrogen and oxygen atoms in total. The van der Waals surface area contributed by atoms with Crippen LogP contribution in [-0.4, -0.2) is 44.8 Å². The molecule has 0 heterocycles. The van der Waals surface area contributed by atoms with Gasteiger partial charge in [0.15, 0.2) is 0 Å². The molecule has 2 unspecified atom stereocenters. The van der Waals surface area contributed by atoms with E-state index in [1.54, 1.807) is 0 Å². The molecule has 3 aliphatic carbocycles. The van der Waals surface area contributed by atoms with Crippen molar-refractivity contribution in [3.63, 3.8) is 0 Å². The first-order valence-electron chi connectivity index (χ1n) is 13.1. The number of rotatable bonds is 7. The lowest BCUT2D eigenvalue weighted by Crippen LogP contribution is -2.53. The fourth-order valence-corrected chi connectivity index (χ4v) is 7.30. The molecule has 0 saturated heterocycles. The molecule has 4 heteroatoms. The Morgan fingerprint density at radius 1 is 1.15 bits per heavy atom. The molecule has 3 saturated carbocycles. The van der Waals surface area contributed by atoms with Gasteiger partial charge in [-0.2, -0.15) is 0 Å². The Bertz CT molecular complexity index is 762. The second kappa shape index (κ2) is 9.97. The van der Waals surface area contributed by atoms with Crippen LogP contribution < -0.4 is 0 Å². The van der Waals surface area contributed by atoms with Gasteiger partial charge in [-0.05, 0) is 87.5 Å². The third kappa shape index (κ3) is 5.19. The van der Waals surface area contributed by atoms with Crippen LogP contribution in [0.4, 0.5) is 0 Å². The zero-order valence-electron chi connectivity index (χ0n) is 21.6. The van der Waals surface area contributed by atoms with E-state index in [1.165, 1.54) is 0 Å². The van der Waals surface area contributed by atoms with Crippen LogP contribution in [0.15, 0.2) is 36.0 Å². The summed E-state index contributed by atoms with van der Waals surface area (Å²) in [6, 6.07) is 0. The molecule has 0 radical (unpaired) electrons. The molecule has 0 aromatic carbocycles. The molecule has 0 aromatic rings. The second-order valence-electron chi connectivity index (χ2n) is 12.3. The van der Waals surface area contributed by atoms with Gasteiger partial charge in [0.2, 0.25) is 0 Å². The summed E-state index contributed by atoms with van der Waals surface area (Å²) in [5.41, 5.74) is 0.763. The Morgan fingerprint density at radius 3 is 2.48 bits per heavy atom. The maximum Gasteiger partial charge on any atom is 0.0807 e. The van der Waals surface area contributed by atoms with Gasteiger partial charge in [-0.25, -0.2) is 0 Å². The van der Waals surface area contributed by atoms with E-state index in [4.69, 9.17) is 0 Å². The minimum absolute atomic E-state index is 0.0140. The van der Waals surface area contributed by atoms with Gasteiger partial charge >= 0.3 is 0 Å². The summed E-state index contributed by atoms with van der Waals surface area (Å²) in [5.74, 6) is 1.21. The topological polar surface area (TPSA) is 80.9 Å². The lowest BCUT2D eigenvalue weighted by Gasteiger charge is -2.54. The zero-order valence-corrected chi connectivity index (χ0v) is 21.6. The Morgan fingerprint density at radius 2 is 1.85 bits per heavy atom. The smallest absolute Gasteiger partial charge is 0.0807 e. The average Bonchev–Trinajstić information content (AvgIpc) is 3.10. The molecule has 33 heavy (non-hydrogen) atoms. The monoisotopic (exact) mass is 460 g/mol. The maximum atomic E-state index is 11.5. The Labute approximate surface area is 201 Å². The molecule has 188 valence electrons. The van der Waals surface area contributed by atoms with Crippen molar-refractivity contribution in [3.05, 3.63) is 36.0 Å². The summed E-state index contributed by atoms with van der Waals surface area (Å²) in [6.07, 6.45) is 12.4. The molecule has 8 atom stereocenters. The third-order valence-electron chi connectivity index (χ3n) is 9.84. The minimum atomic E-state index is -0.733. The van der Waals surface area contributed by atoms with E-state index >= 15 is 0 Å². The summed E-state index contributed by atoms with van der Waals surface area (Å²) in [5, 5.41) is 42.7. The fraction of sp³-hybridized carbons (Fsp3) is 0.793. The van der Waals surface area contributed by atoms with Crippen molar-refractivity contribution < 1.29 is 20.4 Å². The molecular formula is C29H48O4. The Kier molecular flexibility index (Phi) is 8.05. The number of aliphatic hydroxyl groups is 4. The highest BCUT2D eigenvalue weighted by atomic mass is 16.3. The molecule has 4 N–H and O–H groups in total. The van der Waals surface area contributed by atoms with Crippen LogP contribution in [-0.2, 0) is 0 Å². The van der Waals surface area contributed by atoms with Gasteiger partial charge in [0.05, 0.1) is 24.4 Å². The van der Waals surface area contributed by atoms with Crippen molar-refractivity contribution in [2.75, 3.05) is 6.61 Å². The second-order valence-corrected chi connectivity index (χ2v) is 12.3. The number of aliphatic hydroxyl groups excluding tert-OH is 3. The van der Waals surface area contributed by atoms with Gasteiger partial charge < -0.3 is 20.4 Å². The van der Waals surface area contributed by atoms with Crippen molar-refractivity contribution >= 4 is 0 Å². The molecule has 3 aliphatic rings. The van der Waals surface area contributed by atoms with E-state index in [2.05, 4.69) is 39.5 Å². The van der Waals surface area contributed by atoms with Crippen LogP contribution in [0, 0.1) is 34.5 Å². The lowest BCUT2D eigenvalue weighted by atomic mass is 9.52. The molecule has 0 aliphatic heterocycles. The normalized spacial score (nSPS) is 39.6. The van der Waals surface area contributed by atoms with Crippen LogP contribution in [0.1, 0.15) is 86.0 Å². The highest BCUT2D eigenvalue weighted by Gasteiger charge is 2.59. The van der Waals surface area contributed by atoms with E-state index < -0.39 is 17.1 Å². The van der Waals surface area contributed by atoms with E-state index in [-0.39, 0.29) is 30.0 Å². The predicted molar refractivity (Wildman–Crippen MR) is 135 cm³/mol. The molecule has 3 fully saturated rings. The van der Waals surface area contributed by atoms with E-state index in [0.717, 1.165) is 56.1 Å². The molecule has 0 bridgehead atoms. The SMILES string of the molecule is C=C1CC[C@H](O)C/C1=C/C(O)C1(CO)CCC[C@]2(C)[C@@H]([C@H](C)/C=C/[C@H](C)C(C)(C)O)CC[C@@H]12. The van der Waals surface area contributed by atoms with Crippen LogP contribution >= 0.6 is 0 Å². The van der Waals surface area contributed by atoms with Crippen LogP contribution in [0.3, 0.4) is 0 Å². The van der Waals surface area contributed by atoms with E-state index in [9.17, 15) is 20.4 Å². The highest BCUT2D eigenvalue weighted by Crippen LogP contribution is 2.64. The van der Waals surface area contributed by atoms with Crippen molar-refractivity contribution in [3.8, 4) is 0 Å². The summed E-state index contributed by atoms with van der Waals surface area (Å²) >= 11 is 0. The average molecular weight is 461 g/mol. The fourth-order valence-electron chi connectivity index (χ4n) is 7.30. The largest absolute Gasteiger partial charge is 0.396 e. The minimum Gasteiger partial charge on any atom is -0.396 e. The molecule has 0 spiro atoms. The molecule has 0 amide bonds. The first-order chi connectivity index (χ1) is 15.3. The number of allylic oxidation sites excluding steroid dienone is 2. The summed E-state index contributed by atoms with van der Waals surface area (Å²) in [4.78, 5) is 0. The zero-order chi connectivity index (χ0) is 24.6. The molecule has 3 rings (SSSR count). The maximum absolute atomic E-state index is 11.5.